The maximum Gasteiger partial charge on any atom is 0.417 e. The highest BCUT2D eigenvalue weighted by Crippen LogP contribution is 2.40. The summed E-state index contributed by atoms with van der Waals surface area (Å²) < 4.78 is 47.6. The van der Waals surface area contributed by atoms with Gasteiger partial charge in [-0.05, 0) is 94.5 Å². The Hall–Kier alpha value is -5.53. The molecule has 1 aliphatic rings. The zero-order valence-corrected chi connectivity index (χ0v) is 34.9. The SMILES string of the molecule is C=C(C)C(=O)NCC(COC(=O)C(=O)OCC)(COC(=O)C(=O)OCC)COc1ccc(-c2ccc(C3CCC(CCCCC)CC3)cc2F)c(COC(=O)C(=C)C)c1. The van der Waals surface area contributed by atoms with Crippen LogP contribution in [0.2, 0.25) is 0 Å². The lowest BCUT2D eigenvalue weighted by molar-refractivity contribution is -0.175. The minimum absolute atomic E-state index is 0.109. The van der Waals surface area contributed by atoms with E-state index in [9.17, 15) is 28.8 Å². The number of esters is 5. The first-order valence-electron chi connectivity index (χ1n) is 20.1. The number of unbranched alkanes of at least 4 members (excludes halogenated alkanes) is 2. The Bertz CT molecular complexity index is 1800. The fraction of sp³-hybridized carbons (Fsp3) is 0.511. The highest BCUT2D eigenvalue weighted by molar-refractivity contribution is 6.30. The number of carbonyl (C=O) groups is 6. The number of hydrogen-bond acceptors (Lipinski definition) is 12. The molecule has 1 fully saturated rings. The fourth-order valence-corrected chi connectivity index (χ4v) is 6.65. The molecule has 0 aliphatic heterocycles. The Morgan fingerprint density at radius 1 is 0.712 bits per heavy atom. The van der Waals surface area contributed by atoms with Crippen LogP contribution in [0.1, 0.15) is 103 Å². The number of rotatable bonds is 21. The number of benzene rings is 2. The van der Waals surface area contributed by atoms with Crippen LogP contribution in [-0.2, 0) is 59.1 Å². The molecule has 0 aromatic heterocycles. The summed E-state index contributed by atoms with van der Waals surface area (Å²) in [5.74, 6) is -5.87. The number of halogens is 1. The first kappa shape index (κ1) is 47.8. The Kier molecular flexibility index (Phi) is 19.3. The summed E-state index contributed by atoms with van der Waals surface area (Å²) in [5, 5.41) is 2.61. The predicted octanol–water partition coefficient (Wildman–Crippen LogP) is 7.24. The third kappa shape index (κ3) is 15.0. The molecule has 2 aromatic rings. The highest BCUT2D eigenvalue weighted by Gasteiger charge is 2.38. The van der Waals surface area contributed by atoms with Gasteiger partial charge in [0.25, 0.3) is 0 Å². The minimum atomic E-state index is -1.63. The lowest BCUT2D eigenvalue weighted by Gasteiger charge is -2.32. The van der Waals surface area contributed by atoms with E-state index in [2.05, 4.69) is 25.4 Å². The summed E-state index contributed by atoms with van der Waals surface area (Å²) in [6, 6.07) is 9.92. The molecule has 0 spiro atoms. The lowest BCUT2D eigenvalue weighted by atomic mass is 9.77. The average molecular weight is 824 g/mol. The summed E-state index contributed by atoms with van der Waals surface area (Å²) in [6.07, 6.45) is 9.19. The van der Waals surface area contributed by atoms with Crippen LogP contribution in [-0.4, -0.2) is 75.3 Å². The fourth-order valence-electron chi connectivity index (χ4n) is 6.65. The Balaban J connectivity index is 1.97. The van der Waals surface area contributed by atoms with Gasteiger partial charge in [0, 0.05) is 28.8 Å². The molecular weight excluding hydrogens is 765 g/mol. The van der Waals surface area contributed by atoms with Gasteiger partial charge in [-0.2, -0.15) is 0 Å². The van der Waals surface area contributed by atoms with Crippen molar-refractivity contribution in [3.05, 3.63) is 77.6 Å². The number of amides is 1. The van der Waals surface area contributed by atoms with E-state index < -0.39 is 66.8 Å². The van der Waals surface area contributed by atoms with Crippen molar-refractivity contribution < 1.29 is 61.6 Å². The van der Waals surface area contributed by atoms with Crippen molar-refractivity contribution in [2.24, 2.45) is 11.3 Å². The second-order valence-electron chi connectivity index (χ2n) is 15.0. The van der Waals surface area contributed by atoms with Crippen molar-refractivity contribution >= 4 is 35.8 Å². The Morgan fingerprint density at radius 3 is 1.85 bits per heavy atom. The third-order valence-electron chi connectivity index (χ3n) is 10.1. The van der Waals surface area contributed by atoms with Crippen molar-refractivity contribution in [1.82, 2.24) is 5.32 Å². The smallest absolute Gasteiger partial charge is 0.417 e. The normalized spacial score (nSPS) is 14.9. The van der Waals surface area contributed by atoms with E-state index in [4.69, 9.17) is 28.4 Å². The first-order chi connectivity index (χ1) is 28.1. The van der Waals surface area contributed by atoms with Crippen molar-refractivity contribution in [1.29, 1.82) is 0 Å². The molecule has 14 heteroatoms. The molecule has 59 heavy (non-hydrogen) atoms. The minimum Gasteiger partial charge on any atom is -0.493 e. The van der Waals surface area contributed by atoms with Crippen LogP contribution in [0, 0.1) is 17.2 Å². The summed E-state index contributed by atoms with van der Waals surface area (Å²) in [5.41, 5.74) is 0.687. The van der Waals surface area contributed by atoms with E-state index in [1.165, 1.54) is 59.4 Å². The van der Waals surface area contributed by atoms with Crippen LogP contribution >= 0.6 is 0 Å². The van der Waals surface area contributed by atoms with Crippen LogP contribution < -0.4 is 10.1 Å². The zero-order chi connectivity index (χ0) is 43.5. The van der Waals surface area contributed by atoms with E-state index in [1.807, 2.05) is 6.07 Å². The molecule has 1 saturated carbocycles. The molecule has 0 heterocycles. The van der Waals surface area contributed by atoms with Crippen LogP contribution in [0.5, 0.6) is 5.75 Å². The quantitative estimate of drug-likeness (QED) is 0.0441. The van der Waals surface area contributed by atoms with Gasteiger partial charge in [0.1, 0.15) is 38.0 Å². The molecule has 1 aliphatic carbocycles. The predicted molar refractivity (Wildman–Crippen MR) is 216 cm³/mol. The first-order valence-corrected chi connectivity index (χ1v) is 20.1. The summed E-state index contributed by atoms with van der Waals surface area (Å²) >= 11 is 0. The third-order valence-corrected chi connectivity index (χ3v) is 10.1. The van der Waals surface area contributed by atoms with Crippen molar-refractivity contribution in [2.75, 3.05) is 39.6 Å². The average Bonchev–Trinajstić information content (AvgIpc) is 3.22. The Morgan fingerprint density at radius 2 is 1.31 bits per heavy atom. The molecule has 0 bridgehead atoms. The monoisotopic (exact) mass is 823 g/mol. The van der Waals surface area contributed by atoms with Gasteiger partial charge in [-0.1, -0.05) is 64.0 Å². The van der Waals surface area contributed by atoms with Crippen molar-refractivity contribution in [3.8, 4) is 16.9 Å². The molecule has 0 saturated heterocycles. The summed E-state index contributed by atoms with van der Waals surface area (Å²) in [6.45, 7) is 12.7. The summed E-state index contributed by atoms with van der Waals surface area (Å²) in [7, 11) is 0. The van der Waals surface area contributed by atoms with Crippen molar-refractivity contribution in [3.63, 3.8) is 0 Å². The highest BCUT2D eigenvalue weighted by atomic mass is 19.1. The second-order valence-corrected chi connectivity index (χ2v) is 15.0. The van der Waals surface area contributed by atoms with Gasteiger partial charge in [0.15, 0.2) is 0 Å². The number of hydrogen-bond donors (Lipinski definition) is 1. The Labute approximate surface area is 346 Å². The van der Waals surface area contributed by atoms with E-state index >= 15 is 4.39 Å². The van der Waals surface area contributed by atoms with E-state index in [1.54, 1.807) is 24.3 Å². The molecule has 3 rings (SSSR count). The molecule has 0 unspecified atom stereocenters. The van der Waals surface area contributed by atoms with Gasteiger partial charge in [0.2, 0.25) is 5.91 Å². The van der Waals surface area contributed by atoms with Crippen LogP contribution in [0.15, 0.2) is 60.7 Å². The largest absolute Gasteiger partial charge is 0.493 e. The zero-order valence-electron chi connectivity index (χ0n) is 34.9. The maximum absolute atomic E-state index is 16.1. The number of carbonyl (C=O) groups excluding carboxylic acids is 6. The van der Waals surface area contributed by atoms with E-state index in [-0.39, 0.29) is 54.7 Å². The van der Waals surface area contributed by atoms with Crippen LogP contribution in [0.3, 0.4) is 0 Å². The molecule has 0 radical (unpaired) electrons. The van der Waals surface area contributed by atoms with Gasteiger partial charge in [-0.15, -0.1) is 0 Å². The molecule has 322 valence electrons. The van der Waals surface area contributed by atoms with Crippen LogP contribution in [0.4, 0.5) is 4.39 Å². The van der Waals surface area contributed by atoms with Crippen molar-refractivity contribution in [2.45, 2.75) is 98.5 Å². The van der Waals surface area contributed by atoms with Crippen LogP contribution in [0.25, 0.3) is 11.1 Å². The maximum atomic E-state index is 16.1. The molecule has 1 N–H and O–H groups in total. The standard InChI is InChI=1S/C45H58FNO12/c1-8-11-12-13-31-14-16-32(17-15-31)33-18-20-37(38(46)23-33)36-21-19-35(22-34(36)24-56-40(49)30(6)7)57-26-45(25-47-39(48)29(4)5,27-58-43(52)41(50)54-9-2)28-59-44(53)42(51)55-10-3/h18-23,31-32H,4,6,8-17,24-28H2,1-3,5,7H3,(H,47,48). The van der Waals surface area contributed by atoms with E-state index in [0.29, 0.717) is 17.0 Å². The topological polar surface area (TPSA) is 170 Å². The second kappa shape index (κ2) is 23.8. The van der Waals surface area contributed by atoms with Gasteiger partial charge >= 0.3 is 29.8 Å². The molecular formula is C45H58FNO12. The van der Waals surface area contributed by atoms with Gasteiger partial charge in [-0.25, -0.2) is 28.4 Å². The number of ether oxygens (including phenoxy) is 6. The van der Waals surface area contributed by atoms with Gasteiger partial charge in [-0.3, -0.25) is 4.79 Å². The number of nitrogens with one attached hydrogen (secondary N) is 1. The summed E-state index contributed by atoms with van der Waals surface area (Å²) in [4.78, 5) is 74.4. The van der Waals surface area contributed by atoms with E-state index in [0.717, 1.165) is 31.2 Å². The molecule has 1 amide bonds. The molecule has 0 atom stereocenters. The van der Waals surface area contributed by atoms with Gasteiger partial charge < -0.3 is 33.7 Å². The molecule has 13 nitrogen and oxygen atoms in total. The lowest BCUT2D eigenvalue weighted by Crippen LogP contribution is -2.49. The molecule has 2 aromatic carbocycles. The van der Waals surface area contributed by atoms with Gasteiger partial charge in [0.05, 0.1) is 18.6 Å².